The molecule has 1 aromatic rings. The van der Waals surface area contributed by atoms with E-state index in [4.69, 9.17) is 11.5 Å². The van der Waals surface area contributed by atoms with Gasteiger partial charge in [0.1, 0.15) is 18.2 Å². The van der Waals surface area contributed by atoms with E-state index in [0.29, 0.717) is 6.07 Å². The first-order valence-electron chi connectivity index (χ1n) is 5.04. The number of benzene rings is 1. The summed E-state index contributed by atoms with van der Waals surface area (Å²) in [6.07, 6.45) is 0. The van der Waals surface area contributed by atoms with E-state index < -0.39 is 35.0 Å². The van der Waals surface area contributed by atoms with Crippen molar-refractivity contribution in [3.8, 4) is 0 Å². The van der Waals surface area contributed by atoms with Crippen LogP contribution in [0.2, 0.25) is 0 Å². The van der Waals surface area contributed by atoms with Crippen molar-refractivity contribution in [3.63, 3.8) is 0 Å². The van der Waals surface area contributed by atoms with Crippen LogP contribution in [0, 0.1) is 17.6 Å². The first kappa shape index (κ1) is 13.9. The molecule has 1 aromatic carbocycles. The number of rotatable bonds is 4. The van der Waals surface area contributed by atoms with E-state index in [1.54, 1.807) is 0 Å². The van der Waals surface area contributed by atoms with Gasteiger partial charge in [-0.1, -0.05) is 6.92 Å². The molecule has 0 bridgehead atoms. The van der Waals surface area contributed by atoms with E-state index in [1.165, 1.54) is 6.92 Å². The number of anilines is 1. The fourth-order valence-corrected chi connectivity index (χ4v) is 1.08. The van der Waals surface area contributed by atoms with Crippen LogP contribution in [0.4, 0.5) is 14.5 Å². The Hall–Kier alpha value is -2.18. The van der Waals surface area contributed by atoms with Gasteiger partial charge in [-0.3, -0.25) is 4.79 Å². The van der Waals surface area contributed by atoms with Crippen molar-refractivity contribution in [3.05, 3.63) is 29.3 Å². The molecule has 0 aliphatic carbocycles. The summed E-state index contributed by atoms with van der Waals surface area (Å²) in [5.41, 5.74) is 9.30. The number of hydrogen-bond acceptors (Lipinski definition) is 4. The highest BCUT2D eigenvalue weighted by molar-refractivity contribution is 5.91. The highest BCUT2D eigenvalue weighted by Crippen LogP contribution is 2.17. The molecule has 1 rings (SSSR count). The third-order valence-electron chi connectivity index (χ3n) is 2.26. The summed E-state index contributed by atoms with van der Waals surface area (Å²) in [6, 6.07) is 1.32. The molecule has 0 heterocycles. The van der Waals surface area contributed by atoms with Gasteiger partial charge in [-0.05, 0) is 6.07 Å². The Labute approximate surface area is 102 Å². The Morgan fingerprint density at radius 1 is 1.33 bits per heavy atom. The molecule has 18 heavy (non-hydrogen) atoms. The second-order valence-corrected chi connectivity index (χ2v) is 3.76. The Balaban J connectivity index is 2.79. The number of carbonyl (C=O) groups is 2. The fourth-order valence-electron chi connectivity index (χ4n) is 1.08. The molecule has 5 nitrogen and oxygen atoms in total. The van der Waals surface area contributed by atoms with E-state index in [-0.39, 0.29) is 12.3 Å². The number of amides is 1. The van der Waals surface area contributed by atoms with Crippen molar-refractivity contribution in [2.75, 3.05) is 12.3 Å². The van der Waals surface area contributed by atoms with Crippen molar-refractivity contribution in [2.24, 2.45) is 11.7 Å². The van der Waals surface area contributed by atoms with Gasteiger partial charge < -0.3 is 16.2 Å². The maximum Gasteiger partial charge on any atom is 0.341 e. The average Bonchev–Trinajstić information content (AvgIpc) is 2.30. The average molecular weight is 258 g/mol. The molecule has 0 radical (unpaired) electrons. The number of ether oxygens (including phenoxy) is 1. The number of nitrogens with two attached hydrogens (primary N) is 2. The summed E-state index contributed by atoms with van der Waals surface area (Å²) < 4.78 is 30.8. The number of hydrogen-bond donors (Lipinski definition) is 2. The number of halogens is 2. The summed E-state index contributed by atoms with van der Waals surface area (Å²) in [4.78, 5) is 22.2. The Morgan fingerprint density at radius 2 is 1.94 bits per heavy atom. The van der Waals surface area contributed by atoms with Gasteiger partial charge in [-0.25, -0.2) is 13.6 Å². The van der Waals surface area contributed by atoms with E-state index in [9.17, 15) is 18.4 Å². The van der Waals surface area contributed by atoms with Gasteiger partial charge in [0.05, 0.1) is 17.2 Å². The van der Waals surface area contributed by atoms with Crippen LogP contribution in [0.25, 0.3) is 0 Å². The third-order valence-corrected chi connectivity index (χ3v) is 2.26. The van der Waals surface area contributed by atoms with Crippen molar-refractivity contribution in [1.29, 1.82) is 0 Å². The molecule has 0 aliphatic heterocycles. The molecule has 98 valence electrons. The molecule has 1 unspecified atom stereocenters. The maximum atomic E-state index is 13.3. The predicted molar refractivity (Wildman–Crippen MR) is 59.4 cm³/mol. The van der Waals surface area contributed by atoms with Crippen LogP contribution < -0.4 is 11.5 Å². The standard InChI is InChI=1S/C11H12F2N2O3/c1-5(10(15)16)4-18-11(17)6-2-9(14)8(13)3-7(6)12/h2-3,5H,4,14H2,1H3,(H2,15,16). The monoisotopic (exact) mass is 258 g/mol. The minimum Gasteiger partial charge on any atom is -0.461 e. The van der Waals surface area contributed by atoms with Gasteiger partial charge in [0, 0.05) is 6.07 Å². The minimum absolute atomic E-state index is 0.287. The predicted octanol–water partition coefficient (Wildman–Crippen LogP) is 0.825. The molecule has 0 fully saturated rings. The molecular weight excluding hydrogens is 246 g/mol. The maximum absolute atomic E-state index is 13.3. The second-order valence-electron chi connectivity index (χ2n) is 3.76. The zero-order chi connectivity index (χ0) is 13.9. The quantitative estimate of drug-likeness (QED) is 0.617. The van der Waals surface area contributed by atoms with E-state index in [2.05, 4.69) is 4.74 Å². The molecular formula is C11H12F2N2O3. The van der Waals surface area contributed by atoms with Gasteiger partial charge in [0.25, 0.3) is 0 Å². The molecule has 4 N–H and O–H groups in total. The summed E-state index contributed by atoms with van der Waals surface area (Å²) in [7, 11) is 0. The SMILES string of the molecule is CC(COC(=O)c1cc(N)c(F)cc1F)C(N)=O. The van der Waals surface area contributed by atoms with Gasteiger partial charge in [-0.2, -0.15) is 0 Å². The van der Waals surface area contributed by atoms with Crippen LogP contribution in [0.3, 0.4) is 0 Å². The zero-order valence-electron chi connectivity index (χ0n) is 9.57. The molecule has 1 atom stereocenters. The fraction of sp³-hybridized carbons (Fsp3) is 0.273. The lowest BCUT2D eigenvalue weighted by Gasteiger charge is -2.09. The summed E-state index contributed by atoms with van der Waals surface area (Å²) in [5.74, 6) is -4.43. The number of carbonyl (C=O) groups excluding carboxylic acids is 2. The molecule has 1 amide bonds. The van der Waals surface area contributed by atoms with Gasteiger partial charge in [-0.15, -0.1) is 0 Å². The van der Waals surface area contributed by atoms with Crippen LogP contribution >= 0.6 is 0 Å². The minimum atomic E-state index is -1.08. The van der Waals surface area contributed by atoms with Gasteiger partial charge >= 0.3 is 5.97 Å². The summed E-state index contributed by atoms with van der Waals surface area (Å²) in [6.45, 7) is 1.16. The Bertz CT molecular complexity index is 491. The molecule has 0 saturated carbocycles. The zero-order valence-corrected chi connectivity index (χ0v) is 9.57. The number of esters is 1. The van der Waals surface area contributed by atoms with Gasteiger partial charge in [0.2, 0.25) is 5.91 Å². The Kier molecular flexibility index (Phi) is 4.19. The number of nitrogen functional groups attached to an aromatic ring is 1. The van der Waals surface area contributed by atoms with Crippen LogP contribution in [-0.2, 0) is 9.53 Å². The summed E-state index contributed by atoms with van der Waals surface area (Å²) in [5, 5.41) is 0. The first-order chi connectivity index (χ1) is 8.32. The van der Waals surface area contributed by atoms with Crippen LogP contribution in [0.1, 0.15) is 17.3 Å². The molecule has 0 aromatic heterocycles. The van der Waals surface area contributed by atoms with Crippen LogP contribution in [0.15, 0.2) is 12.1 Å². The van der Waals surface area contributed by atoms with Crippen molar-refractivity contribution < 1.29 is 23.1 Å². The van der Waals surface area contributed by atoms with E-state index >= 15 is 0 Å². The normalized spacial score (nSPS) is 11.9. The lowest BCUT2D eigenvalue weighted by atomic mass is 10.1. The van der Waals surface area contributed by atoms with Crippen molar-refractivity contribution in [1.82, 2.24) is 0 Å². The highest BCUT2D eigenvalue weighted by Gasteiger charge is 2.18. The molecule has 7 heteroatoms. The second kappa shape index (κ2) is 5.44. The Morgan fingerprint density at radius 3 is 2.50 bits per heavy atom. The lowest BCUT2D eigenvalue weighted by Crippen LogP contribution is -2.26. The smallest absolute Gasteiger partial charge is 0.341 e. The van der Waals surface area contributed by atoms with Crippen molar-refractivity contribution in [2.45, 2.75) is 6.92 Å². The molecule has 0 spiro atoms. The number of primary amides is 1. The van der Waals surface area contributed by atoms with Crippen molar-refractivity contribution >= 4 is 17.6 Å². The first-order valence-corrected chi connectivity index (χ1v) is 5.04. The molecule has 0 aliphatic rings. The third kappa shape index (κ3) is 3.16. The van der Waals surface area contributed by atoms with E-state index in [0.717, 1.165) is 6.07 Å². The van der Waals surface area contributed by atoms with Crippen LogP contribution in [-0.4, -0.2) is 18.5 Å². The van der Waals surface area contributed by atoms with Crippen LogP contribution in [0.5, 0.6) is 0 Å². The summed E-state index contributed by atoms with van der Waals surface area (Å²) >= 11 is 0. The molecule has 0 saturated heterocycles. The lowest BCUT2D eigenvalue weighted by molar-refractivity contribution is -0.122. The topological polar surface area (TPSA) is 95.4 Å². The van der Waals surface area contributed by atoms with E-state index in [1.807, 2.05) is 0 Å². The van der Waals surface area contributed by atoms with Gasteiger partial charge in [0.15, 0.2) is 0 Å². The largest absolute Gasteiger partial charge is 0.461 e. The highest BCUT2D eigenvalue weighted by atomic mass is 19.1.